The van der Waals surface area contributed by atoms with Crippen LogP contribution in [0, 0.1) is 18.3 Å². The van der Waals surface area contributed by atoms with E-state index in [1.165, 1.54) is 0 Å². The molecule has 0 radical (unpaired) electrons. The normalized spacial score (nSPS) is 11.1. The van der Waals surface area contributed by atoms with E-state index in [1.807, 2.05) is 31.2 Å². The first kappa shape index (κ1) is 18.3. The van der Waals surface area contributed by atoms with Gasteiger partial charge in [0.1, 0.15) is 17.4 Å². The molecule has 2 rings (SSSR count). The molecule has 0 bridgehead atoms. The van der Waals surface area contributed by atoms with Gasteiger partial charge in [0, 0.05) is 5.69 Å². The fraction of sp³-hybridized carbons (Fsp3) is 0.238. The number of methoxy groups -OCH3 is 1. The Bertz CT molecular complexity index is 828. The highest BCUT2D eigenvalue weighted by atomic mass is 16.5. The Morgan fingerprint density at radius 3 is 2.44 bits per heavy atom. The molecule has 0 aromatic heterocycles. The van der Waals surface area contributed by atoms with Crippen LogP contribution in [0.5, 0.6) is 5.75 Å². The van der Waals surface area contributed by atoms with Crippen molar-refractivity contribution >= 4 is 17.7 Å². The molecule has 0 unspecified atom stereocenters. The lowest BCUT2D eigenvalue weighted by molar-refractivity contribution is -0.112. The van der Waals surface area contributed by atoms with Gasteiger partial charge in [-0.2, -0.15) is 5.26 Å². The van der Waals surface area contributed by atoms with Gasteiger partial charge in [-0.05, 0) is 47.7 Å². The van der Waals surface area contributed by atoms with Crippen LogP contribution < -0.4 is 10.1 Å². The number of aryl methyl sites for hydroxylation is 1. The first-order valence-electron chi connectivity index (χ1n) is 8.13. The predicted octanol–water partition coefficient (Wildman–Crippen LogP) is 4.67. The summed E-state index contributed by atoms with van der Waals surface area (Å²) in [6.45, 7) is 6.09. The number of amides is 1. The lowest BCUT2D eigenvalue weighted by Crippen LogP contribution is -2.16. The molecular formula is C21H22N2O2. The molecule has 0 spiro atoms. The van der Waals surface area contributed by atoms with Crippen molar-refractivity contribution in [3.05, 3.63) is 64.7 Å². The summed E-state index contributed by atoms with van der Waals surface area (Å²) >= 11 is 0. The zero-order valence-corrected chi connectivity index (χ0v) is 15.0. The molecule has 25 heavy (non-hydrogen) atoms. The largest absolute Gasteiger partial charge is 0.497 e. The van der Waals surface area contributed by atoms with Gasteiger partial charge in [-0.1, -0.05) is 44.2 Å². The van der Waals surface area contributed by atoms with Crippen molar-refractivity contribution in [2.45, 2.75) is 26.7 Å². The first-order valence-corrected chi connectivity index (χ1v) is 8.13. The summed E-state index contributed by atoms with van der Waals surface area (Å²) in [6, 6.07) is 15.1. The second-order valence-corrected chi connectivity index (χ2v) is 6.09. The van der Waals surface area contributed by atoms with E-state index in [1.54, 1.807) is 37.5 Å². The number of para-hydroxylation sites is 1. The van der Waals surface area contributed by atoms with Gasteiger partial charge in [-0.15, -0.1) is 0 Å². The number of nitrogens with zero attached hydrogens (tertiary/aromatic N) is 1. The maximum absolute atomic E-state index is 12.6. The third-order valence-electron chi connectivity index (χ3n) is 3.96. The average molecular weight is 334 g/mol. The standard InChI is InChI=1S/C21H22N2O2/c1-14(2)19-7-5-6-15(3)20(19)23-21(24)17(13-22)12-16-8-10-18(25-4)11-9-16/h5-12,14H,1-4H3,(H,23,24)/b17-12+. The minimum Gasteiger partial charge on any atom is -0.497 e. The molecule has 4 nitrogen and oxygen atoms in total. The van der Waals surface area contributed by atoms with E-state index in [2.05, 4.69) is 19.2 Å². The van der Waals surface area contributed by atoms with Gasteiger partial charge in [0.05, 0.1) is 7.11 Å². The van der Waals surface area contributed by atoms with Crippen molar-refractivity contribution in [2.75, 3.05) is 12.4 Å². The minimum atomic E-state index is -0.408. The minimum absolute atomic E-state index is 0.0585. The predicted molar refractivity (Wildman–Crippen MR) is 100 cm³/mol. The third-order valence-corrected chi connectivity index (χ3v) is 3.96. The van der Waals surface area contributed by atoms with E-state index in [0.29, 0.717) is 0 Å². The van der Waals surface area contributed by atoms with Crippen LogP contribution in [0.15, 0.2) is 48.0 Å². The molecular weight excluding hydrogens is 312 g/mol. The SMILES string of the molecule is COc1ccc(/C=C(\C#N)C(=O)Nc2c(C)cccc2C(C)C)cc1. The Morgan fingerprint density at radius 1 is 1.20 bits per heavy atom. The summed E-state index contributed by atoms with van der Waals surface area (Å²) in [7, 11) is 1.59. The summed E-state index contributed by atoms with van der Waals surface area (Å²) in [5, 5.41) is 12.3. The number of benzene rings is 2. The fourth-order valence-corrected chi connectivity index (χ4v) is 2.54. The van der Waals surface area contributed by atoms with E-state index in [0.717, 1.165) is 28.1 Å². The van der Waals surface area contributed by atoms with Gasteiger partial charge in [0.25, 0.3) is 5.91 Å². The molecule has 0 saturated carbocycles. The molecule has 1 N–H and O–H groups in total. The number of nitrogens with one attached hydrogen (secondary N) is 1. The molecule has 2 aromatic rings. The number of carbonyl (C=O) groups excluding carboxylic acids is 1. The molecule has 0 fully saturated rings. The number of ether oxygens (including phenoxy) is 1. The Labute approximate surface area is 148 Å². The molecule has 2 aromatic carbocycles. The van der Waals surface area contributed by atoms with Crippen LogP contribution >= 0.6 is 0 Å². The van der Waals surface area contributed by atoms with Gasteiger partial charge in [0.15, 0.2) is 0 Å². The van der Waals surface area contributed by atoms with Crippen molar-refractivity contribution in [2.24, 2.45) is 0 Å². The summed E-state index contributed by atoms with van der Waals surface area (Å²) in [4.78, 5) is 12.6. The van der Waals surface area contributed by atoms with Crippen molar-refractivity contribution < 1.29 is 9.53 Å². The molecule has 0 aliphatic carbocycles. The first-order chi connectivity index (χ1) is 12.0. The molecule has 128 valence electrons. The highest BCUT2D eigenvalue weighted by Gasteiger charge is 2.15. The van der Waals surface area contributed by atoms with Gasteiger partial charge < -0.3 is 10.1 Å². The van der Waals surface area contributed by atoms with Gasteiger partial charge in [-0.25, -0.2) is 0 Å². The van der Waals surface area contributed by atoms with Crippen LogP contribution in [0.1, 0.15) is 36.5 Å². The van der Waals surface area contributed by atoms with Crippen molar-refractivity contribution in [3.63, 3.8) is 0 Å². The van der Waals surface area contributed by atoms with Gasteiger partial charge >= 0.3 is 0 Å². The fourth-order valence-electron chi connectivity index (χ4n) is 2.54. The third kappa shape index (κ3) is 4.48. The zero-order chi connectivity index (χ0) is 18.4. The molecule has 0 aliphatic heterocycles. The smallest absolute Gasteiger partial charge is 0.266 e. The average Bonchev–Trinajstić information content (AvgIpc) is 2.61. The van der Waals surface area contributed by atoms with Crippen molar-refractivity contribution in [1.82, 2.24) is 0 Å². The second kappa shape index (κ2) is 8.16. The van der Waals surface area contributed by atoms with Crippen LogP contribution in [-0.2, 0) is 4.79 Å². The number of rotatable bonds is 5. The summed E-state index contributed by atoms with van der Waals surface area (Å²) in [5.41, 5.74) is 3.62. The maximum Gasteiger partial charge on any atom is 0.266 e. The lowest BCUT2D eigenvalue weighted by atomic mass is 9.98. The maximum atomic E-state index is 12.6. The Balaban J connectivity index is 2.29. The quantitative estimate of drug-likeness (QED) is 0.638. The summed E-state index contributed by atoms with van der Waals surface area (Å²) in [6.07, 6.45) is 1.57. The van der Waals surface area contributed by atoms with E-state index in [4.69, 9.17) is 4.74 Å². The number of anilines is 1. The van der Waals surface area contributed by atoms with Crippen molar-refractivity contribution in [3.8, 4) is 11.8 Å². The molecule has 0 heterocycles. The van der Waals surface area contributed by atoms with E-state index >= 15 is 0 Å². The Hall–Kier alpha value is -3.06. The van der Waals surface area contributed by atoms with Crippen LogP contribution in [0.3, 0.4) is 0 Å². The molecule has 0 saturated heterocycles. The monoisotopic (exact) mass is 334 g/mol. The van der Waals surface area contributed by atoms with E-state index < -0.39 is 5.91 Å². The van der Waals surface area contributed by atoms with E-state index in [-0.39, 0.29) is 11.5 Å². The van der Waals surface area contributed by atoms with Gasteiger partial charge in [-0.3, -0.25) is 4.79 Å². The number of hydrogen-bond donors (Lipinski definition) is 1. The summed E-state index contributed by atoms with van der Waals surface area (Å²) < 4.78 is 5.11. The van der Waals surface area contributed by atoms with Gasteiger partial charge in [0.2, 0.25) is 0 Å². The molecule has 0 atom stereocenters. The van der Waals surface area contributed by atoms with Crippen LogP contribution in [0.25, 0.3) is 6.08 Å². The topological polar surface area (TPSA) is 62.1 Å². The number of hydrogen-bond acceptors (Lipinski definition) is 3. The number of nitriles is 1. The molecule has 0 aliphatic rings. The second-order valence-electron chi connectivity index (χ2n) is 6.09. The molecule has 4 heteroatoms. The lowest BCUT2D eigenvalue weighted by Gasteiger charge is -2.16. The van der Waals surface area contributed by atoms with E-state index in [9.17, 15) is 10.1 Å². The highest BCUT2D eigenvalue weighted by molar-refractivity contribution is 6.10. The number of carbonyl (C=O) groups is 1. The zero-order valence-electron chi connectivity index (χ0n) is 15.0. The Morgan fingerprint density at radius 2 is 1.88 bits per heavy atom. The van der Waals surface area contributed by atoms with Crippen LogP contribution in [0.2, 0.25) is 0 Å². The van der Waals surface area contributed by atoms with Crippen molar-refractivity contribution in [1.29, 1.82) is 5.26 Å². The molecule has 1 amide bonds. The Kier molecular flexibility index (Phi) is 5.97. The van der Waals surface area contributed by atoms with Crippen LogP contribution in [0.4, 0.5) is 5.69 Å². The summed E-state index contributed by atoms with van der Waals surface area (Å²) in [5.74, 6) is 0.586. The van der Waals surface area contributed by atoms with Crippen LogP contribution in [-0.4, -0.2) is 13.0 Å². The highest BCUT2D eigenvalue weighted by Crippen LogP contribution is 2.28.